The van der Waals surface area contributed by atoms with Crippen molar-refractivity contribution >= 4 is 60.8 Å². The number of alkyl halides is 1. The maximum Gasteiger partial charge on any atom is 0.173 e. The number of rotatable bonds is 3. The number of carbonyl (C=O) groups excluding carboxylic acids is 1. The quantitative estimate of drug-likeness (QED) is 0.499. The van der Waals surface area contributed by atoms with Crippen molar-refractivity contribution in [3.63, 3.8) is 0 Å². The summed E-state index contributed by atoms with van der Waals surface area (Å²) >= 11 is 18.9. The van der Waals surface area contributed by atoms with Crippen LogP contribution in [-0.4, -0.2) is 12.4 Å². The highest BCUT2D eigenvalue weighted by Gasteiger charge is 2.30. The Morgan fingerprint density at radius 3 is 2.61 bits per heavy atom. The fourth-order valence-corrected chi connectivity index (χ4v) is 3.91. The molecule has 0 aromatic heterocycles. The molecule has 1 aliphatic heterocycles. The highest BCUT2D eigenvalue weighted by atomic mass is 79.9. The Bertz CT molecular complexity index is 777. The summed E-state index contributed by atoms with van der Waals surface area (Å²) in [5, 5.41) is 1.69. The van der Waals surface area contributed by atoms with Crippen molar-refractivity contribution in [3.8, 4) is 5.75 Å². The number of ether oxygens (including phenoxy) is 1. The average Bonchev–Trinajstić information content (AvgIpc) is 2.53. The first kappa shape index (κ1) is 17.3. The van der Waals surface area contributed by atoms with E-state index in [0.29, 0.717) is 39.7 Å². The minimum atomic E-state index is -0.225. The summed E-state index contributed by atoms with van der Waals surface area (Å²) in [4.78, 5) is 12.8. The Kier molecular flexibility index (Phi) is 5.36. The molecule has 2 nitrogen and oxygen atoms in total. The van der Waals surface area contributed by atoms with E-state index in [0.717, 1.165) is 15.6 Å². The molecule has 0 saturated heterocycles. The zero-order valence-corrected chi connectivity index (χ0v) is 16.6. The number of ketones is 1. The third-order valence-electron chi connectivity index (χ3n) is 3.79. The largest absolute Gasteiger partial charge is 0.491 e. The van der Waals surface area contributed by atoms with Crippen LogP contribution in [0.5, 0.6) is 5.75 Å². The molecule has 0 saturated carbocycles. The summed E-state index contributed by atoms with van der Waals surface area (Å²) in [6.07, 6.45) is 0.575. The second-order valence-corrected chi connectivity index (χ2v) is 7.64. The van der Waals surface area contributed by atoms with Crippen LogP contribution in [0.1, 0.15) is 21.5 Å². The van der Waals surface area contributed by atoms with Gasteiger partial charge < -0.3 is 4.74 Å². The van der Waals surface area contributed by atoms with E-state index in [-0.39, 0.29) is 11.7 Å². The minimum Gasteiger partial charge on any atom is -0.491 e. The van der Waals surface area contributed by atoms with Crippen molar-refractivity contribution in [2.24, 2.45) is 5.92 Å². The van der Waals surface area contributed by atoms with E-state index in [1.165, 1.54) is 0 Å². The van der Waals surface area contributed by atoms with Crippen LogP contribution < -0.4 is 4.74 Å². The van der Waals surface area contributed by atoms with Gasteiger partial charge in [0.1, 0.15) is 5.75 Å². The Morgan fingerprint density at radius 2 is 1.91 bits per heavy atom. The lowest BCUT2D eigenvalue weighted by Crippen LogP contribution is -2.29. The zero-order valence-electron chi connectivity index (χ0n) is 11.9. The first-order valence-corrected chi connectivity index (χ1v) is 9.66. The maximum atomic E-state index is 12.8. The van der Waals surface area contributed by atoms with E-state index in [9.17, 15) is 4.79 Å². The molecule has 2 aromatic rings. The van der Waals surface area contributed by atoms with Crippen LogP contribution >= 0.6 is 55.1 Å². The third-order valence-corrected chi connectivity index (χ3v) is 5.76. The van der Waals surface area contributed by atoms with Crippen molar-refractivity contribution < 1.29 is 9.53 Å². The Labute approximate surface area is 161 Å². The van der Waals surface area contributed by atoms with E-state index in [2.05, 4.69) is 31.9 Å². The molecule has 1 heterocycles. The standard InChI is InChI=1S/C17H12Br2Cl2O2/c18-7-10-4-12-16(22)11(8-23-17(12)13(19)5-10)3-9-1-2-14(20)15(21)6-9/h1-2,4-6,11H,3,7-8H2/t11-/m1/s1. The summed E-state index contributed by atoms with van der Waals surface area (Å²) in [5.41, 5.74) is 2.63. The van der Waals surface area contributed by atoms with Gasteiger partial charge in [0.05, 0.1) is 32.6 Å². The molecule has 3 rings (SSSR count). The van der Waals surface area contributed by atoms with E-state index in [1.54, 1.807) is 12.1 Å². The lowest BCUT2D eigenvalue weighted by Gasteiger charge is -2.25. The molecular weight excluding hydrogens is 467 g/mol. The first-order valence-electron chi connectivity index (χ1n) is 6.99. The predicted octanol–water partition coefficient (Wildman–Crippen LogP) is 6.08. The Hall–Kier alpha value is -0.550. The molecule has 120 valence electrons. The number of carbonyl (C=O) groups is 1. The molecule has 0 spiro atoms. The van der Waals surface area contributed by atoms with E-state index < -0.39 is 0 Å². The molecular formula is C17H12Br2Cl2O2. The van der Waals surface area contributed by atoms with Gasteiger partial charge in [-0.25, -0.2) is 0 Å². The fraction of sp³-hybridized carbons (Fsp3) is 0.235. The van der Waals surface area contributed by atoms with Gasteiger partial charge in [0.15, 0.2) is 5.78 Å². The van der Waals surface area contributed by atoms with Gasteiger partial charge in [-0.2, -0.15) is 0 Å². The number of Topliss-reactive ketones (excluding diaryl/α,β-unsaturated/α-hetero) is 1. The highest BCUT2D eigenvalue weighted by Crippen LogP contribution is 2.37. The number of fused-ring (bicyclic) bond motifs is 1. The topological polar surface area (TPSA) is 26.3 Å². The Balaban J connectivity index is 1.88. The molecule has 23 heavy (non-hydrogen) atoms. The SMILES string of the molecule is O=C1c2cc(CBr)cc(Br)c2OC[C@H]1Cc1ccc(Cl)c(Cl)c1. The van der Waals surface area contributed by atoms with Crippen LogP contribution in [0.25, 0.3) is 0 Å². The number of benzene rings is 2. The molecule has 0 amide bonds. The second kappa shape index (κ2) is 7.14. The summed E-state index contributed by atoms with van der Waals surface area (Å²) in [6, 6.07) is 9.29. The molecule has 1 atom stereocenters. The van der Waals surface area contributed by atoms with Crippen molar-refractivity contribution in [2.75, 3.05) is 6.61 Å². The molecule has 1 aliphatic rings. The van der Waals surface area contributed by atoms with Crippen molar-refractivity contribution in [1.82, 2.24) is 0 Å². The molecule has 2 aromatic carbocycles. The molecule has 0 radical (unpaired) electrons. The smallest absolute Gasteiger partial charge is 0.173 e. The van der Waals surface area contributed by atoms with Gasteiger partial charge in [-0.15, -0.1) is 0 Å². The summed E-state index contributed by atoms with van der Waals surface area (Å²) in [5.74, 6) is 0.503. The lowest BCUT2D eigenvalue weighted by atomic mass is 9.89. The number of halogens is 4. The second-order valence-electron chi connectivity index (χ2n) is 5.41. The molecule has 0 unspecified atom stereocenters. The highest BCUT2D eigenvalue weighted by molar-refractivity contribution is 9.10. The van der Waals surface area contributed by atoms with Crippen molar-refractivity contribution in [2.45, 2.75) is 11.8 Å². The van der Waals surface area contributed by atoms with Gasteiger partial charge in [0, 0.05) is 5.33 Å². The van der Waals surface area contributed by atoms with Crippen LogP contribution in [0.15, 0.2) is 34.8 Å². The molecule has 0 aliphatic carbocycles. The fourth-order valence-electron chi connectivity index (χ4n) is 2.64. The monoisotopic (exact) mass is 476 g/mol. The van der Waals surface area contributed by atoms with Gasteiger partial charge in [-0.1, -0.05) is 45.2 Å². The van der Waals surface area contributed by atoms with E-state index in [1.807, 2.05) is 18.2 Å². The van der Waals surface area contributed by atoms with Crippen LogP contribution in [-0.2, 0) is 11.8 Å². The predicted molar refractivity (Wildman–Crippen MR) is 100 cm³/mol. The first-order chi connectivity index (χ1) is 11.0. The maximum absolute atomic E-state index is 12.8. The average molecular weight is 479 g/mol. The van der Waals surface area contributed by atoms with E-state index >= 15 is 0 Å². The molecule has 0 N–H and O–H groups in total. The lowest BCUT2D eigenvalue weighted by molar-refractivity contribution is 0.0829. The zero-order chi connectivity index (χ0) is 16.6. The summed E-state index contributed by atoms with van der Waals surface area (Å²) in [6.45, 7) is 0.359. The van der Waals surface area contributed by atoms with E-state index in [4.69, 9.17) is 27.9 Å². The third kappa shape index (κ3) is 3.60. The normalized spacial score (nSPS) is 16.9. The van der Waals surface area contributed by atoms with Gasteiger partial charge in [0.2, 0.25) is 0 Å². The van der Waals surface area contributed by atoms with Crippen LogP contribution in [0, 0.1) is 5.92 Å². The minimum absolute atomic E-state index is 0.0980. The van der Waals surface area contributed by atoms with Crippen LogP contribution in [0.3, 0.4) is 0 Å². The molecule has 6 heteroatoms. The summed E-state index contributed by atoms with van der Waals surface area (Å²) in [7, 11) is 0. The summed E-state index contributed by atoms with van der Waals surface area (Å²) < 4.78 is 6.63. The van der Waals surface area contributed by atoms with Crippen LogP contribution in [0.2, 0.25) is 10.0 Å². The van der Waals surface area contributed by atoms with Crippen molar-refractivity contribution in [3.05, 3.63) is 61.5 Å². The van der Waals surface area contributed by atoms with Gasteiger partial charge in [0.25, 0.3) is 0 Å². The van der Waals surface area contributed by atoms with Gasteiger partial charge in [-0.05, 0) is 57.7 Å². The van der Waals surface area contributed by atoms with Gasteiger partial charge >= 0.3 is 0 Å². The van der Waals surface area contributed by atoms with Gasteiger partial charge in [-0.3, -0.25) is 4.79 Å². The number of hydrogen-bond donors (Lipinski definition) is 0. The van der Waals surface area contributed by atoms with Crippen LogP contribution in [0.4, 0.5) is 0 Å². The van der Waals surface area contributed by atoms with Crippen molar-refractivity contribution in [1.29, 1.82) is 0 Å². The molecule has 0 bridgehead atoms. The number of hydrogen-bond acceptors (Lipinski definition) is 2. The Morgan fingerprint density at radius 1 is 1.13 bits per heavy atom. The molecule has 0 fully saturated rings.